The van der Waals surface area contributed by atoms with Gasteiger partial charge in [0.15, 0.2) is 11.5 Å². The summed E-state index contributed by atoms with van der Waals surface area (Å²) < 4.78 is 12.2. The maximum Gasteiger partial charge on any atom is 0.242 e. The summed E-state index contributed by atoms with van der Waals surface area (Å²) in [6.45, 7) is 9.01. The second kappa shape index (κ2) is 10.4. The Morgan fingerprint density at radius 2 is 1.66 bits per heavy atom. The molecule has 1 atom stereocenters. The van der Waals surface area contributed by atoms with Crippen LogP contribution in [0.1, 0.15) is 45.2 Å². The number of rotatable bonds is 7. The highest BCUT2D eigenvalue weighted by atomic mass is 79.9. The van der Waals surface area contributed by atoms with Gasteiger partial charge in [0.25, 0.3) is 0 Å². The molecule has 1 aliphatic heterocycles. The van der Waals surface area contributed by atoms with Gasteiger partial charge in [0.2, 0.25) is 11.8 Å². The average molecular weight is 503 g/mol. The van der Waals surface area contributed by atoms with Gasteiger partial charge in [-0.3, -0.25) is 9.59 Å². The zero-order valence-corrected chi connectivity index (χ0v) is 20.7. The van der Waals surface area contributed by atoms with Gasteiger partial charge in [0.05, 0.1) is 0 Å². The average Bonchev–Trinajstić information content (AvgIpc) is 2.75. The van der Waals surface area contributed by atoms with Gasteiger partial charge in [-0.25, -0.2) is 0 Å². The molecule has 172 valence electrons. The summed E-state index contributed by atoms with van der Waals surface area (Å²) >= 11 is 3.44. The van der Waals surface area contributed by atoms with Gasteiger partial charge < -0.3 is 19.7 Å². The van der Waals surface area contributed by atoms with Crippen molar-refractivity contribution in [1.82, 2.24) is 10.2 Å². The molecule has 2 aromatic carbocycles. The minimum atomic E-state index is -0.592. The van der Waals surface area contributed by atoms with Crippen LogP contribution in [0.3, 0.4) is 0 Å². The first-order valence-corrected chi connectivity index (χ1v) is 11.7. The molecule has 0 aromatic heterocycles. The van der Waals surface area contributed by atoms with Crippen molar-refractivity contribution >= 4 is 27.7 Å². The van der Waals surface area contributed by atoms with Crippen molar-refractivity contribution in [3.63, 3.8) is 0 Å². The maximum absolute atomic E-state index is 13.3. The number of carbonyl (C=O) groups excluding carboxylic acids is 2. The van der Waals surface area contributed by atoms with Crippen LogP contribution >= 0.6 is 15.9 Å². The lowest BCUT2D eigenvalue weighted by molar-refractivity contribution is -0.141. The maximum atomic E-state index is 13.3. The number of ether oxygens (including phenoxy) is 2. The number of fused-ring (bicyclic) bond motifs is 1. The summed E-state index contributed by atoms with van der Waals surface area (Å²) in [6.07, 6.45) is 0.850. The zero-order valence-electron chi connectivity index (χ0n) is 19.1. The smallest absolute Gasteiger partial charge is 0.242 e. The summed E-state index contributed by atoms with van der Waals surface area (Å²) in [4.78, 5) is 27.8. The number of nitrogens with zero attached hydrogens (tertiary/aromatic N) is 1. The molecule has 0 aliphatic carbocycles. The van der Waals surface area contributed by atoms with Crippen molar-refractivity contribution < 1.29 is 19.1 Å². The molecule has 7 heteroatoms. The number of halogens is 1. The molecule has 2 aromatic rings. The van der Waals surface area contributed by atoms with Crippen LogP contribution in [0, 0.1) is 0 Å². The summed E-state index contributed by atoms with van der Waals surface area (Å²) in [7, 11) is 0. The number of nitrogens with one attached hydrogen (secondary N) is 1. The third-order valence-corrected chi connectivity index (χ3v) is 5.69. The second-order valence-corrected chi connectivity index (χ2v) is 9.96. The first-order valence-electron chi connectivity index (χ1n) is 10.9. The lowest BCUT2D eigenvalue weighted by atomic mass is 10.1. The molecular formula is C25H31BrN2O4. The fourth-order valence-corrected chi connectivity index (χ4v) is 3.75. The van der Waals surface area contributed by atoms with E-state index in [1.807, 2.05) is 63.2 Å². The Hall–Kier alpha value is -2.54. The van der Waals surface area contributed by atoms with E-state index in [1.165, 1.54) is 0 Å². The molecule has 1 unspecified atom stereocenters. The summed E-state index contributed by atoms with van der Waals surface area (Å²) in [5, 5.41) is 2.99. The van der Waals surface area contributed by atoms with Gasteiger partial charge in [0.1, 0.15) is 19.3 Å². The minimum Gasteiger partial charge on any atom is -0.486 e. The van der Waals surface area contributed by atoms with Crippen LogP contribution in [0.25, 0.3) is 0 Å². The predicted octanol–water partition coefficient (Wildman–Crippen LogP) is 4.48. The number of benzene rings is 2. The van der Waals surface area contributed by atoms with Crippen molar-refractivity contribution in [2.75, 3.05) is 13.2 Å². The minimum absolute atomic E-state index is 0.0700. The molecule has 1 aliphatic rings. The van der Waals surface area contributed by atoms with Crippen molar-refractivity contribution in [1.29, 1.82) is 0 Å². The Kier molecular flexibility index (Phi) is 7.82. The van der Waals surface area contributed by atoms with Crippen LogP contribution in [0.2, 0.25) is 0 Å². The molecule has 0 saturated heterocycles. The molecule has 0 fully saturated rings. The van der Waals surface area contributed by atoms with Gasteiger partial charge in [-0.05, 0) is 69.5 Å². The van der Waals surface area contributed by atoms with Crippen LogP contribution < -0.4 is 14.8 Å². The molecule has 0 radical (unpaired) electrons. The van der Waals surface area contributed by atoms with Crippen molar-refractivity contribution in [3.05, 3.63) is 58.1 Å². The van der Waals surface area contributed by atoms with E-state index in [2.05, 4.69) is 21.2 Å². The lowest BCUT2D eigenvalue weighted by Gasteiger charge is -2.31. The Morgan fingerprint density at radius 3 is 2.31 bits per heavy atom. The Morgan fingerprint density at radius 1 is 1.03 bits per heavy atom. The van der Waals surface area contributed by atoms with E-state index in [0.29, 0.717) is 38.3 Å². The third kappa shape index (κ3) is 6.73. The molecule has 6 nitrogen and oxygen atoms in total. The molecule has 32 heavy (non-hydrogen) atoms. The largest absolute Gasteiger partial charge is 0.486 e. The molecule has 0 spiro atoms. The monoisotopic (exact) mass is 502 g/mol. The fourth-order valence-electron chi connectivity index (χ4n) is 3.48. The Balaban J connectivity index is 1.73. The predicted molar refractivity (Wildman–Crippen MR) is 128 cm³/mol. The lowest BCUT2D eigenvalue weighted by Crippen LogP contribution is -2.52. The van der Waals surface area contributed by atoms with E-state index in [-0.39, 0.29) is 17.4 Å². The van der Waals surface area contributed by atoms with Crippen LogP contribution in [-0.4, -0.2) is 41.5 Å². The number of amides is 2. The molecule has 0 bridgehead atoms. The molecule has 1 heterocycles. The number of aryl methyl sites for hydroxylation is 1. The number of hydrogen-bond donors (Lipinski definition) is 1. The van der Waals surface area contributed by atoms with Gasteiger partial charge >= 0.3 is 0 Å². The van der Waals surface area contributed by atoms with Gasteiger partial charge in [-0.2, -0.15) is 0 Å². The van der Waals surface area contributed by atoms with E-state index in [4.69, 9.17) is 9.47 Å². The van der Waals surface area contributed by atoms with E-state index in [1.54, 1.807) is 11.8 Å². The standard InChI is InChI=1S/C25H31BrN2O4/c1-17(24(30)27-25(2,3)4)28(16-19-5-9-20(26)10-6-19)23(29)12-8-18-7-11-21-22(15-18)32-14-13-31-21/h5-7,9-11,15,17H,8,12-14,16H2,1-4H3,(H,27,30). The van der Waals surface area contributed by atoms with E-state index >= 15 is 0 Å². The Bertz CT molecular complexity index is 953. The van der Waals surface area contributed by atoms with E-state index in [0.717, 1.165) is 21.3 Å². The van der Waals surface area contributed by atoms with Crippen molar-refractivity contribution in [2.45, 2.75) is 58.7 Å². The molecule has 0 saturated carbocycles. The van der Waals surface area contributed by atoms with E-state index in [9.17, 15) is 9.59 Å². The first kappa shape index (κ1) is 24.1. The molecule has 3 rings (SSSR count). The first-order chi connectivity index (χ1) is 15.1. The van der Waals surface area contributed by atoms with Crippen LogP contribution in [0.4, 0.5) is 0 Å². The topological polar surface area (TPSA) is 67.9 Å². The van der Waals surface area contributed by atoms with Crippen LogP contribution in [0.15, 0.2) is 46.9 Å². The highest BCUT2D eigenvalue weighted by molar-refractivity contribution is 9.10. The quantitative estimate of drug-likeness (QED) is 0.605. The second-order valence-electron chi connectivity index (χ2n) is 9.04. The van der Waals surface area contributed by atoms with Crippen molar-refractivity contribution in [2.24, 2.45) is 0 Å². The molecule has 2 amide bonds. The van der Waals surface area contributed by atoms with Gasteiger partial charge in [-0.15, -0.1) is 0 Å². The summed E-state index contributed by atoms with van der Waals surface area (Å²) in [5.74, 6) is 1.21. The SMILES string of the molecule is CC(C(=O)NC(C)(C)C)N(Cc1ccc(Br)cc1)C(=O)CCc1ccc2c(c1)OCCO2. The van der Waals surface area contributed by atoms with E-state index < -0.39 is 6.04 Å². The summed E-state index contributed by atoms with van der Waals surface area (Å²) in [6, 6.07) is 13.0. The van der Waals surface area contributed by atoms with Crippen molar-refractivity contribution in [3.8, 4) is 11.5 Å². The molecular weight excluding hydrogens is 472 g/mol. The highest BCUT2D eigenvalue weighted by Gasteiger charge is 2.28. The highest BCUT2D eigenvalue weighted by Crippen LogP contribution is 2.31. The third-order valence-electron chi connectivity index (χ3n) is 5.17. The van der Waals surface area contributed by atoms with Gasteiger partial charge in [-0.1, -0.05) is 34.1 Å². The number of carbonyl (C=O) groups is 2. The molecule has 1 N–H and O–H groups in total. The van der Waals surface area contributed by atoms with Crippen LogP contribution in [-0.2, 0) is 22.6 Å². The van der Waals surface area contributed by atoms with Crippen LogP contribution in [0.5, 0.6) is 11.5 Å². The van der Waals surface area contributed by atoms with Gasteiger partial charge in [0, 0.05) is 23.0 Å². The number of hydrogen-bond acceptors (Lipinski definition) is 4. The zero-order chi connectivity index (χ0) is 23.3. The fraction of sp³-hybridized carbons (Fsp3) is 0.440. The Labute approximate surface area is 198 Å². The normalized spacial score (nSPS) is 13.9. The summed E-state index contributed by atoms with van der Waals surface area (Å²) in [5.41, 5.74) is 1.59.